The molecule has 1 aromatic carbocycles. The third-order valence-electron chi connectivity index (χ3n) is 4.73. The number of anilines is 1. The number of likely N-dealkylation sites (tertiary alicyclic amines) is 1. The number of carbonyl (C=O) groups is 1. The van der Waals surface area contributed by atoms with E-state index in [0.717, 1.165) is 25.8 Å². The Labute approximate surface area is 129 Å². The van der Waals surface area contributed by atoms with Crippen LogP contribution >= 0.6 is 0 Å². The lowest BCUT2D eigenvalue weighted by molar-refractivity contribution is -0.384. The second-order valence-corrected chi connectivity index (χ2v) is 6.31. The molecule has 0 aromatic heterocycles. The topological polar surface area (TPSA) is 66.7 Å². The second kappa shape index (κ2) is 5.59. The fraction of sp³-hybridized carbons (Fsp3) is 0.562. The maximum absolute atomic E-state index is 12.1. The first-order valence-corrected chi connectivity index (χ1v) is 7.74. The van der Waals surface area contributed by atoms with Gasteiger partial charge in [0.05, 0.1) is 4.92 Å². The molecule has 0 radical (unpaired) electrons. The van der Waals surface area contributed by atoms with Crippen molar-refractivity contribution in [1.29, 1.82) is 0 Å². The van der Waals surface area contributed by atoms with Crippen molar-refractivity contribution in [3.63, 3.8) is 0 Å². The Hall–Kier alpha value is -2.11. The quantitative estimate of drug-likeness (QED) is 0.632. The average Bonchev–Trinajstić information content (AvgIpc) is 3.22. The normalized spacial score (nSPS) is 21.0. The lowest BCUT2D eigenvalue weighted by atomic mass is 10.1. The van der Waals surface area contributed by atoms with Crippen molar-refractivity contribution in [2.24, 2.45) is 5.92 Å². The summed E-state index contributed by atoms with van der Waals surface area (Å²) in [6.45, 7) is 3.17. The summed E-state index contributed by atoms with van der Waals surface area (Å²) >= 11 is 0. The number of nitro benzene ring substituents is 1. The molecular formula is C16H21N3O3. The molecule has 1 atom stereocenters. The Morgan fingerprint density at radius 3 is 2.73 bits per heavy atom. The van der Waals surface area contributed by atoms with Crippen LogP contribution in [0.3, 0.4) is 0 Å². The molecule has 0 spiro atoms. The lowest BCUT2D eigenvalue weighted by Gasteiger charge is -2.27. The highest BCUT2D eigenvalue weighted by molar-refractivity contribution is 5.81. The largest absolute Gasteiger partial charge is 0.364 e. The van der Waals surface area contributed by atoms with Crippen LogP contribution in [0.1, 0.15) is 24.8 Å². The summed E-state index contributed by atoms with van der Waals surface area (Å²) in [5.41, 5.74) is 1.46. The Morgan fingerprint density at radius 1 is 1.36 bits per heavy atom. The van der Waals surface area contributed by atoms with Gasteiger partial charge >= 0.3 is 0 Å². The van der Waals surface area contributed by atoms with Crippen molar-refractivity contribution in [3.8, 4) is 0 Å². The number of amides is 1. The molecule has 22 heavy (non-hydrogen) atoms. The molecule has 2 fully saturated rings. The van der Waals surface area contributed by atoms with Gasteiger partial charge in [0, 0.05) is 37.7 Å². The SMILES string of the molecule is Cc1cccc(N(C)C2CCN(C(=O)C3CC3)C2)c1[N+](=O)[O-]. The van der Waals surface area contributed by atoms with Crippen LogP contribution in [0, 0.1) is 23.0 Å². The van der Waals surface area contributed by atoms with Crippen molar-refractivity contribution < 1.29 is 9.72 Å². The zero-order chi connectivity index (χ0) is 15.9. The number of hydrogen-bond donors (Lipinski definition) is 0. The molecule has 1 saturated heterocycles. The minimum atomic E-state index is -0.316. The van der Waals surface area contributed by atoms with Gasteiger partial charge in [-0.1, -0.05) is 12.1 Å². The Kier molecular flexibility index (Phi) is 3.76. The van der Waals surface area contributed by atoms with Gasteiger partial charge in [-0.05, 0) is 32.3 Å². The molecule has 0 N–H and O–H groups in total. The van der Waals surface area contributed by atoms with Crippen LogP contribution in [-0.2, 0) is 4.79 Å². The maximum atomic E-state index is 12.1. The molecule has 1 aliphatic heterocycles. The standard InChI is InChI=1S/C16H21N3O3/c1-11-4-3-5-14(15(11)19(21)22)17(2)13-8-9-18(10-13)16(20)12-6-7-12/h3-5,12-13H,6-10H2,1-2H3. The van der Waals surface area contributed by atoms with E-state index in [0.29, 0.717) is 17.8 Å². The van der Waals surface area contributed by atoms with Crippen molar-refractivity contribution in [2.45, 2.75) is 32.2 Å². The highest BCUT2D eigenvalue weighted by Gasteiger charge is 2.38. The summed E-state index contributed by atoms with van der Waals surface area (Å²) in [6, 6.07) is 5.53. The van der Waals surface area contributed by atoms with E-state index in [9.17, 15) is 14.9 Å². The number of para-hydroxylation sites is 1. The fourth-order valence-electron chi connectivity index (χ4n) is 3.21. The second-order valence-electron chi connectivity index (χ2n) is 6.31. The molecule has 0 bridgehead atoms. The molecule has 1 amide bonds. The maximum Gasteiger partial charge on any atom is 0.295 e. The molecular weight excluding hydrogens is 282 g/mol. The smallest absolute Gasteiger partial charge is 0.295 e. The van der Waals surface area contributed by atoms with Gasteiger partial charge in [0.25, 0.3) is 5.69 Å². The van der Waals surface area contributed by atoms with Crippen LogP contribution in [0.5, 0.6) is 0 Å². The number of nitrogens with zero attached hydrogens (tertiary/aromatic N) is 3. The molecule has 1 unspecified atom stereocenters. The first-order valence-electron chi connectivity index (χ1n) is 7.74. The molecule has 1 aromatic rings. The number of aryl methyl sites for hydroxylation is 1. The zero-order valence-corrected chi connectivity index (χ0v) is 13.0. The minimum Gasteiger partial charge on any atom is -0.364 e. The van der Waals surface area contributed by atoms with E-state index in [-0.39, 0.29) is 28.5 Å². The van der Waals surface area contributed by atoms with E-state index < -0.39 is 0 Å². The van der Waals surface area contributed by atoms with E-state index in [1.165, 1.54) is 0 Å². The predicted molar refractivity (Wildman–Crippen MR) is 83.9 cm³/mol. The zero-order valence-electron chi connectivity index (χ0n) is 13.0. The fourth-order valence-corrected chi connectivity index (χ4v) is 3.21. The van der Waals surface area contributed by atoms with Crippen LogP contribution in [-0.4, -0.2) is 41.9 Å². The van der Waals surface area contributed by atoms with Gasteiger partial charge in [-0.15, -0.1) is 0 Å². The van der Waals surface area contributed by atoms with Gasteiger partial charge < -0.3 is 9.80 Å². The third kappa shape index (κ3) is 2.65. The molecule has 2 aliphatic rings. The van der Waals surface area contributed by atoms with Gasteiger partial charge in [0.1, 0.15) is 5.69 Å². The summed E-state index contributed by atoms with van der Waals surface area (Å²) < 4.78 is 0. The van der Waals surface area contributed by atoms with Crippen molar-refractivity contribution in [3.05, 3.63) is 33.9 Å². The Morgan fingerprint density at radius 2 is 2.09 bits per heavy atom. The van der Waals surface area contributed by atoms with Crippen LogP contribution < -0.4 is 4.90 Å². The van der Waals surface area contributed by atoms with Crippen LogP contribution in [0.4, 0.5) is 11.4 Å². The number of likely N-dealkylation sites (N-methyl/N-ethyl adjacent to an activating group) is 1. The molecule has 6 heteroatoms. The molecule has 118 valence electrons. The van der Waals surface area contributed by atoms with Crippen molar-refractivity contribution >= 4 is 17.3 Å². The number of carbonyl (C=O) groups excluding carboxylic acids is 1. The minimum absolute atomic E-state index is 0.142. The van der Waals surface area contributed by atoms with E-state index in [1.807, 2.05) is 22.9 Å². The first kappa shape index (κ1) is 14.8. The van der Waals surface area contributed by atoms with Crippen LogP contribution in [0.15, 0.2) is 18.2 Å². The molecule has 1 aliphatic carbocycles. The molecule has 6 nitrogen and oxygen atoms in total. The van der Waals surface area contributed by atoms with E-state index in [4.69, 9.17) is 0 Å². The number of rotatable bonds is 4. The third-order valence-corrected chi connectivity index (χ3v) is 4.73. The van der Waals surface area contributed by atoms with E-state index in [1.54, 1.807) is 19.1 Å². The van der Waals surface area contributed by atoms with Crippen LogP contribution in [0.25, 0.3) is 0 Å². The summed E-state index contributed by atoms with van der Waals surface area (Å²) in [5, 5.41) is 11.3. The molecule has 1 saturated carbocycles. The monoisotopic (exact) mass is 303 g/mol. The van der Waals surface area contributed by atoms with Crippen molar-refractivity contribution in [1.82, 2.24) is 4.90 Å². The van der Waals surface area contributed by atoms with Gasteiger partial charge in [-0.2, -0.15) is 0 Å². The van der Waals surface area contributed by atoms with Gasteiger partial charge in [-0.3, -0.25) is 14.9 Å². The molecule has 1 heterocycles. The first-order chi connectivity index (χ1) is 10.5. The summed E-state index contributed by atoms with van der Waals surface area (Å²) in [5.74, 6) is 0.493. The van der Waals surface area contributed by atoms with Gasteiger partial charge in [0.15, 0.2) is 0 Å². The van der Waals surface area contributed by atoms with Crippen molar-refractivity contribution in [2.75, 3.05) is 25.0 Å². The van der Waals surface area contributed by atoms with Gasteiger partial charge in [0.2, 0.25) is 5.91 Å². The van der Waals surface area contributed by atoms with Gasteiger partial charge in [-0.25, -0.2) is 0 Å². The average molecular weight is 303 g/mol. The van der Waals surface area contributed by atoms with E-state index in [2.05, 4.69) is 0 Å². The Balaban J connectivity index is 1.77. The number of hydrogen-bond acceptors (Lipinski definition) is 4. The van der Waals surface area contributed by atoms with Crippen LogP contribution in [0.2, 0.25) is 0 Å². The number of benzene rings is 1. The summed E-state index contributed by atoms with van der Waals surface area (Å²) in [6.07, 6.45) is 2.89. The highest BCUT2D eigenvalue weighted by Crippen LogP contribution is 2.35. The summed E-state index contributed by atoms with van der Waals surface area (Å²) in [4.78, 5) is 27.1. The lowest BCUT2D eigenvalue weighted by Crippen LogP contribution is -2.37. The predicted octanol–water partition coefficient (Wildman–Crippen LogP) is 2.35. The highest BCUT2D eigenvalue weighted by atomic mass is 16.6. The Bertz CT molecular complexity index is 613. The summed E-state index contributed by atoms with van der Waals surface area (Å²) in [7, 11) is 1.89. The molecule has 3 rings (SSSR count). The van der Waals surface area contributed by atoms with E-state index >= 15 is 0 Å². The number of nitro groups is 1.